The zero-order valence-corrected chi connectivity index (χ0v) is 12.9. The molecule has 0 bridgehead atoms. The molecule has 2 amide bonds. The molecule has 1 aromatic rings. The van der Waals surface area contributed by atoms with Crippen LogP contribution in [0.1, 0.15) is 31.7 Å². The van der Waals surface area contributed by atoms with Gasteiger partial charge in [-0.3, -0.25) is 0 Å². The van der Waals surface area contributed by atoms with Gasteiger partial charge in [-0.1, -0.05) is 24.6 Å². The van der Waals surface area contributed by atoms with Gasteiger partial charge in [0.15, 0.2) is 0 Å². The number of amides is 2. The lowest BCUT2D eigenvalue weighted by Gasteiger charge is -2.33. The Morgan fingerprint density at radius 3 is 2.76 bits per heavy atom. The van der Waals surface area contributed by atoms with Crippen molar-refractivity contribution >= 4 is 29.3 Å². The summed E-state index contributed by atoms with van der Waals surface area (Å²) in [7, 11) is 0. The highest BCUT2D eigenvalue weighted by molar-refractivity contribution is 6.33. The smallest absolute Gasteiger partial charge is 0.329 e. The highest BCUT2D eigenvalue weighted by Gasteiger charge is 2.48. The highest BCUT2D eigenvalue weighted by Crippen LogP contribution is 2.34. The number of aliphatic carboxylic acids is 1. The average Bonchev–Trinajstić information content (AvgIpc) is 2.87. The number of carboxylic acids is 1. The number of hydrogen-bond donors (Lipinski definition) is 2. The van der Waals surface area contributed by atoms with Crippen molar-refractivity contribution < 1.29 is 14.7 Å². The van der Waals surface area contributed by atoms with Crippen molar-refractivity contribution in [3.63, 3.8) is 0 Å². The number of nitrogens with zero attached hydrogens (tertiary/aromatic N) is 1. The minimum absolute atomic E-state index is 0.386. The molecule has 0 radical (unpaired) electrons. The standard InChI is InChI=1S/C15H19ClN2O3/c1-3-15(13(19)20)7-4-8-18(15)14(21)17-12-6-5-10(2)9-11(12)16/h5-6,9H,3-4,7-8H2,1-2H3,(H,17,21)(H,19,20). The zero-order chi connectivity index (χ0) is 15.6. The molecule has 0 spiro atoms. The monoisotopic (exact) mass is 310 g/mol. The first-order chi connectivity index (χ1) is 9.90. The normalized spacial score (nSPS) is 21.4. The van der Waals surface area contributed by atoms with E-state index in [1.807, 2.05) is 13.0 Å². The van der Waals surface area contributed by atoms with Crippen LogP contribution in [-0.4, -0.2) is 34.1 Å². The second kappa shape index (κ2) is 5.93. The molecular weight excluding hydrogens is 292 g/mol. The van der Waals surface area contributed by atoms with Gasteiger partial charge in [0.25, 0.3) is 0 Å². The number of likely N-dealkylation sites (tertiary alicyclic amines) is 1. The Bertz CT molecular complexity index is 576. The number of urea groups is 1. The summed E-state index contributed by atoms with van der Waals surface area (Å²) in [6, 6.07) is 4.91. The fraction of sp³-hybridized carbons (Fsp3) is 0.467. The Balaban J connectivity index is 2.21. The van der Waals surface area contributed by atoms with Gasteiger partial charge in [0.05, 0.1) is 10.7 Å². The van der Waals surface area contributed by atoms with Crippen molar-refractivity contribution in [2.24, 2.45) is 0 Å². The summed E-state index contributed by atoms with van der Waals surface area (Å²) in [6.07, 6.45) is 1.56. The summed E-state index contributed by atoms with van der Waals surface area (Å²) in [5.41, 5.74) is 0.378. The Morgan fingerprint density at radius 1 is 1.48 bits per heavy atom. The highest BCUT2D eigenvalue weighted by atomic mass is 35.5. The fourth-order valence-corrected chi connectivity index (χ4v) is 3.10. The van der Waals surface area contributed by atoms with Crippen molar-refractivity contribution in [2.75, 3.05) is 11.9 Å². The van der Waals surface area contributed by atoms with Gasteiger partial charge in [-0.25, -0.2) is 9.59 Å². The molecule has 0 aliphatic carbocycles. The molecule has 1 aliphatic rings. The van der Waals surface area contributed by atoms with Gasteiger partial charge in [0, 0.05) is 6.54 Å². The topological polar surface area (TPSA) is 69.6 Å². The van der Waals surface area contributed by atoms with E-state index in [2.05, 4.69) is 5.32 Å². The number of benzene rings is 1. The molecule has 1 fully saturated rings. The van der Waals surface area contributed by atoms with Crippen LogP contribution in [0, 0.1) is 6.92 Å². The van der Waals surface area contributed by atoms with Gasteiger partial charge >= 0.3 is 12.0 Å². The van der Waals surface area contributed by atoms with E-state index >= 15 is 0 Å². The summed E-state index contributed by atoms with van der Waals surface area (Å²) < 4.78 is 0. The number of aryl methyl sites for hydroxylation is 1. The molecule has 2 N–H and O–H groups in total. The van der Waals surface area contributed by atoms with E-state index in [0.29, 0.717) is 36.5 Å². The van der Waals surface area contributed by atoms with Crippen molar-refractivity contribution in [2.45, 2.75) is 38.6 Å². The lowest BCUT2D eigenvalue weighted by molar-refractivity contribution is -0.148. The lowest BCUT2D eigenvalue weighted by Crippen LogP contribution is -2.54. The maximum atomic E-state index is 12.4. The van der Waals surface area contributed by atoms with E-state index < -0.39 is 17.5 Å². The number of carboxylic acid groups (broad SMARTS) is 1. The van der Waals surface area contributed by atoms with Crippen molar-refractivity contribution in [1.29, 1.82) is 0 Å². The number of carbonyl (C=O) groups is 2. The number of hydrogen-bond acceptors (Lipinski definition) is 2. The third kappa shape index (κ3) is 2.83. The molecule has 6 heteroatoms. The van der Waals surface area contributed by atoms with Gasteiger partial charge in [-0.15, -0.1) is 0 Å². The maximum absolute atomic E-state index is 12.4. The zero-order valence-electron chi connectivity index (χ0n) is 12.1. The predicted molar refractivity (Wildman–Crippen MR) is 81.8 cm³/mol. The fourth-order valence-electron chi connectivity index (χ4n) is 2.82. The van der Waals surface area contributed by atoms with E-state index in [4.69, 9.17) is 11.6 Å². The molecule has 1 heterocycles. The van der Waals surface area contributed by atoms with Crippen LogP contribution in [0.15, 0.2) is 18.2 Å². The van der Waals surface area contributed by atoms with Crippen LogP contribution in [0.25, 0.3) is 0 Å². The third-order valence-corrected chi connectivity index (χ3v) is 4.40. The molecule has 1 aliphatic heterocycles. The van der Waals surface area contributed by atoms with E-state index in [1.165, 1.54) is 4.90 Å². The van der Waals surface area contributed by atoms with E-state index in [1.54, 1.807) is 19.1 Å². The Hall–Kier alpha value is -1.75. The van der Waals surface area contributed by atoms with Crippen LogP contribution >= 0.6 is 11.6 Å². The summed E-state index contributed by atoms with van der Waals surface area (Å²) in [4.78, 5) is 25.4. The van der Waals surface area contributed by atoms with Crippen LogP contribution in [0.2, 0.25) is 5.02 Å². The van der Waals surface area contributed by atoms with Gasteiger partial charge in [-0.05, 0) is 43.9 Å². The van der Waals surface area contributed by atoms with E-state index in [-0.39, 0.29) is 0 Å². The first-order valence-electron chi connectivity index (χ1n) is 6.99. The summed E-state index contributed by atoms with van der Waals surface area (Å²) in [5, 5.41) is 12.7. The molecule has 1 saturated heterocycles. The molecule has 114 valence electrons. The molecule has 0 saturated carbocycles. The number of nitrogens with one attached hydrogen (secondary N) is 1. The Kier molecular flexibility index (Phi) is 4.42. The third-order valence-electron chi connectivity index (χ3n) is 4.08. The summed E-state index contributed by atoms with van der Waals surface area (Å²) in [5.74, 6) is -0.951. The quantitative estimate of drug-likeness (QED) is 0.897. The lowest BCUT2D eigenvalue weighted by atomic mass is 9.93. The van der Waals surface area contributed by atoms with Gasteiger partial charge < -0.3 is 15.3 Å². The number of carbonyl (C=O) groups excluding carboxylic acids is 1. The van der Waals surface area contributed by atoms with Crippen molar-refractivity contribution in [3.8, 4) is 0 Å². The summed E-state index contributed by atoms with van der Waals surface area (Å²) >= 11 is 6.10. The number of rotatable bonds is 3. The van der Waals surface area contributed by atoms with Gasteiger partial charge in [0.1, 0.15) is 5.54 Å². The van der Waals surface area contributed by atoms with E-state index in [9.17, 15) is 14.7 Å². The van der Waals surface area contributed by atoms with Crippen LogP contribution in [0.3, 0.4) is 0 Å². The first-order valence-corrected chi connectivity index (χ1v) is 7.36. The predicted octanol–water partition coefficient (Wildman–Crippen LogP) is 3.51. The minimum atomic E-state index is -1.11. The van der Waals surface area contributed by atoms with E-state index in [0.717, 1.165) is 5.56 Å². The average molecular weight is 311 g/mol. The van der Waals surface area contributed by atoms with Crippen LogP contribution in [0.5, 0.6) is 0 Å². The number of halogens is 1. The van der Waals surface area contributed by atoms with Crippen LogP contribution in [-0.2, 0) is 4.79 Å². The molecule has 21 heavy (non-hydrogen) atoms. The van der Waals surface area contributed by atoms with Gasteiger partial charge in [0.2, 0.25) is 0 Å². The van der Waals surface area contributed by atoms with Crippen LogP contribution in [0.4, 0.5) is 10.5 Å². The summed E-state index contributed by atoms with van der Waals surface area (Å²) in [6.45, 7) is 4.14. The second-order valence-corrected chi connectivity index (χ2v) is 5.77. The largest absolute Gasteiger partial charge is 0.479 e. The van der Waals surface area contributed by atoms with Crippen LogP contribution < -0.4 is 5.32 Å². The molecule has 1 atom stereocenters. The molecular formula is C15H19ClN2O3. The Labute approximate surface area is 128 Å². The molecule has 1 aromatic carbocycles. The number of anilines is 1. The minimum Gasteiger partial charge on any atom is -0.479 e. The molecule has 2 rings (SSSR count). The molecule has 5 nitrogen and oxygen atoms in total. The first kappa shape index (κ1) is 15.6. The second-order valence-electron chi connectivity index (χ2n) is 5.36. The van der Waals surface area contributed by atoms with Crippen molar-refractivity contribution in [1.82, 2.24) is 4.90 Å². The SMILES string of the molecule is CCC1(C(=O)O)CCCN1C(=O)Nc1ccc(C)cc1Cl. The Morgan fingerprint density at radius 2 is 2.19 bits per heavy atom. The van der Waals surface area contributed by atoms with Crippen molar-refractivity contribution in [3.05, 3.63) is 28.8 Å². The maximum Gasteiger partial charge on any atom is 0.329 e. The molecule has 1 unspecified atom stereocenters. The van der Waals surface area contributed by atoms with Gasteiger partial charge in [-0.2, -0.15) is 0 Å². The molecule has 0 aromatic heterocycles.